The SMILES string of the molecule is COc1cc(CN2CCN(C3CC4(CCN(c5ccc(C(=O)NS(=O)(=O)c6cc([NH+](C)[O-])c(NCC7CCC(C)(O)CC7)c7nonc67)c(Oc6cc7c(F)c[nH]c7nc6OC)c5)CC4)C3)[C@H](c3ccccc3C(C)C)C2)ccn1. The van der Waals surface area contributed by atoms with Crippen molar-refractivity contribution in [3.05, 3.63) is 112 Å². The summed E-state index contributed by atoms with van der Waals surface area (Å²) in [7, 11) is -0.454. The highest BCUT2D eigenvalue weighted by Crippen LogP contribution is 2.54. The zero-order chi connectivity index (χ0) is 56.1. The molecule has 2 aliphatic carbocycles. The quantitative estimate of drug-likeness (QED) is 0.0543. The number of piperazine rings is 1. The second kappa shape index (κ2) is 22.2. The van der Waals surface area contributed by atoms with Crippen LogP contribution in [-0.2, 0) is 16.6 Å². The Labute approximate surface area is 464 Å². The van der Waals surface area contributed by atoms with Gasteiger partial charge < -0.3 is 44.8 Å². The second-order valence-corrected chi connectivity index (χ2v) is 24.6. The lowest BCUT2D eigenvalue weighted by Gasteiger charge is -2.58. The van der Waals surface area contributed by atoms with Gasteiger partial charge in [-0.15, -0.1) is 0 Å². The van der Waals surface area contributed by atoms with Crippen molar-refractivity contribution in [3.63, 3.8) is 0 Å². The number of amides is 1. The Morgan fingerprint density at radius 3 is 2.48 bits per heavy atom. The number of halogens is 1. The van der Waals surface area contributed by atoms with E-state index in [1.165, 1.54) is 43.0 Å². The first kappa shape index (κ1) is 55.0. The fraction of sp³-hybridized carbons (Fsp3) is 0.466. The van der Waals surface area contributed by atoms with Crippen molar-refractivity contribution < 1.29 is 46.6 Å². The highest BCUT2D eigenvalue weighted by atomic mass is 32.2. The number of ether oxygens (including phenoxy) is 3. The molecule has 424 valence electrons. The van der Waals surface area contributed by atoms with Crippen LogP contribution in [0.4, 0.5) is 21.5 Å². The Kier molecular flexibility index (Phi) is 15.2. The van der Waals surface area contributed by atoms with Crippen LogP contribution in [0.1, 0.15) is 111 Å². The molecule has 1 unspecified atom stereocenters. The predicted molar refractivity (Wildman–Crippen MR) is 300 cm³/mol. The van der Waals surface area contributed by atoms with E-state index in [1.54, 1.807) is 19.2 Å². The number of hydrogen-bond donors (Lipinski definition) is 5. The lowest BCUT2D eigenvalue weighted by atomic mass is 9.59. The monoisotopic (exact) mass is 1120 g/mol. The Morgan fingerprint density at radius 1 is 0.975 bits per heavy atom. The summed E-state index contributed by atoms with van der Waals surface area (Å²) in [5.74, 6) is -0.509. The predicted octanol–water partition coefficient (Wildman–Crippen LogP) is 7.99. The van der Waals surface area contributed by atoms with Gasteiger partial charge in [0.05, 0.1) is 37.8 Å². The van der Waals surface area contributed by atoms with Gasteiger partial charge in [0.25, 0.3) is 21.8 Å². The maximum atomic E-state index is 15.0. The number of fused-ring (bicyclic) bond motifs is 2. The summed E-state index contributed by atoms with van der Waals surface area (Å²) in [6.07, 6.45) is 9.80. The molecule has 2 aliphatic heterocycles. The van der Waals surface area contributed by atoms with Crippen molar-refractivity contribution in [2.24, 2.45) is 11.3 Å². The van der Waals surface area contributed by atoms with E-state index in [9.17, 15) is 23.5 Å². The number of quaternary nitrogens is 1. The number of nitrogens with zero attached hydrogens (tertiary/aromatic N) is 7. The number of rotatable bonds is 17. The molecule has 11 rings (SSSR count). The number of aromatic amines is 1. The minimum Gasteiger partial charge on any atom is -0.629 e. The minimum atomic E-state index is -4.79. The van der Waals surface area contributed by atoms with Crippen LogP contribution in [0, 0.1) is 22.4 Å². The number of pyridine rings is 2. The molecule has 80 heavy (non-hydrogen) atoms. The molecule has 4 fully saturated rings. The van der Waals surface area contributed by atoms with Gasteiger partial charge in [0.15, 0.2) is 22.5 Å². The summed E-state index contributed by atoms with van der Waals surface area (Å²) < 4.78 is 68.6. The number of benzene rings is 3. The molecule has 3 aromatic carbocycles. The minimum absolute atomic E-state index is 0.00332. The van der Waals surface area contributed by atoms with E-state index in [4.69, 9.17) is 18.8 Å². The largest absolute Gasteiger partial charge is 0.629 e. The van der Waals surface area contributed by atoms with Crippen LogP contribution in [0.2, 0.25) is 0 Å². The average molecular weight is 1120 g/mol. The topological polar surface area (TPSA) is 241 Å². The second-order valence-electron chi connectivity index (χ2n) is 22.9. The van der Waals surface area contributed by atoms with E-state index in [2.05, 4.69) is 94.2 Å². The summed E-state index contributed by atoms with van der Waals surface area (Å²) in [5.41, 5.74) is 4.26. The normalized spacial score (nSPS) is 21.4. The van der Waals surface area contributed by atoms with Gasteiger partial charge in [-0.2, -0.15) is 4.98 Å². The van der Waals surface area contributed by atoms with E-state index in [-0.39, 0.29) is 73.8 Å². The zero-order valence-electron chi connectivity index (χ0n) is 46.1. The molecule has 1 amide bonds. The fourth-order valence-electron chi connectivity index (χ4n) is 12.6. The number of aromatic nitrogens is 5. The molecular weight excluding hydrogens is 1050 g/mol. The lowest BCUT2D eigenvalue weighted by Crippen LogP contribution is -2.98. The molecule has 4 aliphatic rings. The number of aliphatic hydroxyl groups is 1. The number of methoxy groups -OCH3 is 2. The first-order chi connectivity index (χ1) is 38.4. The molecule has 6 heterocycles. The number of piperidine rings is 1. The van der Waals surface area contributed by atoms with Crippen LogP contribution in [-0.4, -0.2) is 127 Å². The number of sulfonamides is 1. The summed E-state index contributed by atoms with van der Waals surface area (Å²) in [6.45, 7) is 11.9. The van der Waals surface area contributed by atoms with Crippen molar-refractivity contribution >= 4 is 55.1 Å². The smallest absolute Gasteiger partial charge is 0.268 e. The third-order valence-corrected chi connectivity index (χ3v) is 18.6. The average Bonchev–Trinajstić information content (AvgIpc) is 3.82. The molecule has 4 aromatic heterocycles. The Bertz CT molecular complexity index is 3510. The van der Waals surface area contributed by atoms with Crippen molar-refractivity contribution in [2.75, 3.05) is 70.8 Å². The molecule has 5 N–H and O–H groups in total. The molecule has 0 bridgehead atoms. The van der Waals surface area contributed by atoms with E-state index < -0.39 is 37.3 Å². The number of hydroxylamine groups is 1. The van der Waals surface area contributed by atoms with Gasteiger partial charge in [0.2, 0.25) is 5.88 Å². The molecular formula is C58H70FN11O9S. The van der Waals surface area contributed by atoms with Gasteiger partial charge in [-0.05, 0) is 121 Å². The fourth-order valence-corrected chi connectivity index (χ4v) is 13.8. The molecule has 2 saturated carbocycles. The summed E-state index contributed by atoms with van der Waals surface area (Å²) in [5, 5.41) is 34.6. The lowest BCUT2D eigenvalue weighted by molar-refractivity contribution is -0.750. The van der Waals surface area contributed by atoms with Gasteiger partial charge in [-0.1, -0.05) is 38.1 Å². The van der Waals surface area contributed by atoms with Crippen LogP contribution in [0.15, 0.2) is 88.6 Å². The van der Waals surface area contributed by atoms with Crippen LogP contribution < -0.4 is 34.2 Å². The Morgan fingerprint density at radius 2 is 1.74 bits per heavy atom. The summed E-state index contributed by atoms with van der Waals surface area (Å²) in [4.78, 5) is 33.1. The van der Waals surface area contributed by atoms with Gasteiger partial charge >= 0.3 is 0 Å². The van der Waals surface area contributed by atoms with Gasteiger partial charge in [0.1, 0.15) is 27.8 Å². The number of hydrogen-bond acceptors (Lipinski definition) is 17. The zero-order valence-corrected chi connectivity index (χ0v) is 46.9. The maximum Gasteiger partial charge on any atom is 0.268 e. The van der Waals surface area contributed by atoms with Crippen molar-refractivity contribution in [1.82, 2.24) is 39.8 Å². The van der Waals surface area contributed by atoms with Gasteiger partial charge in [0, 0.05) is 100 Å². The standard InChI is InChI=1S/C58H70FN11O9S/c1-35(2)40-9-7-8-10-41(40)46-34-68(33-37-15-20-60-50(25-37)76-5)23-24-70(46)39-29-58(30-39)18-21-69(22-19-58)38-11-12-42(47(26-38)78-48-27-43-44(59)32-62-54(43)63-56(48)77-6)55(71)66-80(74,75)49-28-45(67(4)73)51(53-52(49)64-79-65-53)61-31-36-13-16-57(3,72)17-14-36/h7-12,15,20,25-28,32,35-36,39,46,61,67,72H,13-14,16-19,21-24,29-31,33-34H2,1-6H3,(H,62,63)(H,66,71)/t36?,46-,57?/m0/s1. The molecule has 1 spiro atoms. The maximum absolute atomic E-state index is 15.0. The van der Waals surface area contributed by atoms with E-state index in [0.717, 1.165) is 95.7 Å². The third kappa shape index (κ3) is 11.1. The van der Waals surface area contributed by atoms with E-state index >= 15 is 4.39 Å². The molecule has 2 saturated heterocycles. The summed E-state index contributed by atoms with van der Waals surface area (Å²) >= 11 is 0. The van der Waals surface area contributed by atoms with Crippen LogP contribution in [0.25, 0.3) is 22.1 Å². The van der Waals surface area contributed by atoms with Gasteiger partial charge in [-0.3, -0.25) is 14.6 Å². The Hall–Kier alpha value is -6.95. The molecule has 2 atom stereocenters. The number of carbonyl (C=O) groups excluding carboxylic acids is 1. The van der Waals surface area contributed by atoms with Crippen molar-refractivity contribution in [2.45, 2.75) is 107 Å². The third-order valence-electron chi connectivity index (χ3n) is 17.2. The number of nitrogens with one attached hydrogen (secondary N) is 4. The Balaban J connectivity index is 0.828. The van der Waals surface area contributed by atoms with Crippen molar-refractivity contribution in [1.29, 1.82) is 0 Å². The van der Waals surface area contributed by atoms with Crippen LogP contribution in [0.3, 0.4) is 0 Å². The molecule has 7 aromatic rings. The van der Waals surface area contributed by atoms with Crippen LogP contribution >= 0.6 is 0 Å². The molecule has 0 radical (unpaired) electrons. The van der Waals surface area contributed by atoms with Gasteiger partial charge in [-0.25, -0.2) is 27.1 Å². The van der Waals surface area contributed by atoms with E-state index in [0.29, 0.717) is 37.2 Å². The number of H-pyrrole nitrogens is 1. The first-order valence-corrected chi connectivity index (χ1v) is 29.1. The number of anilines is 2. The number of carbonyl (C=O) groups is 1. The van der Waals surface area contributed by atoms with Crippen LogP contribution in [0.5, 0.6) is 23.3 Å². The van der Waals surface area contributed by atoms with Crippen molar-refractivity contribution in [3.8, 4) is 23.3 Å². The highest BCUT2D eigenvalue weighted by molar-refractivity contribution is 7.90. The first-order valence-electron chi connectivity index (χ1n) is 27.6. The summed E-state index contributed by atoms with van der Waals surface area (Å²) in [6, 6.07) is 21.2. The highest BCUT2D eigenvalue weighted by Gasteiger charge is 2.50. The van der Waals surface area contributed by atoms with E-state index in [1.807, 2.05) is 19.2 Å². The molecule has 20 nitrogen and oxygen atoms in total. The molecule has 22 heteroatoms.